The maximum absolute atomic E-state index is 13.1. The van der Waals surface area contributed by atoms with Crippen LogP contribution in [0.2, 0.25) is 0 Å². The summed E-state index contributed by atoms with van der Waals surface area (Å²) in [4.78, 5) is 25.7. The van der Waals surface area contributed by atoms with Gasteiger partial charge in [0.25, 0.3) is 0 Å². The van der Waals surface area contributed by atoms with Gasteiger partial charge in [-0.2, -0.15) is 0 Å². The molecular formula is C27H40N4O2S. The van der Waals surface area contributed by atoms with Gasteiger partial charge in [0.05, 0.1) is 11.8 Å². The number of amides is 1. The molecule has 2 aromatic rings. The SMILES string of the molecule is CCN(CC)C(=O)C(C)C1CCC2(C)Cc3sc(NCCc4ccccn4)nc3C(C)C2C1O. The summed E-state index contributed by atoms with van der Waals surface area (Å²) in [5.41, 5.74) is 2.25. The molecule has 0 radical (unpaired) electrons. The molecule has 2 N–H and O–H groups in total. The number of aromatic nitrogens is 2. The molecule has 0 saturated heterocycles. The van der Waals surface area contributed by atoms with Crippen molar-refractivity contribution >= 4 is 22.4 Å². The zero-order chi connectivity index (χ0) is 24.5. The number of anilines is 1. The van der Waals surface area contributed by atoms with Crippen molar-refractivity contribution < 1.29 is 9.90 Å². The lowest BCUT2D eigenvalue weighted by Gasteiger charge is -2.53. The smallest absolute Gasteiger partial charge is 0.225 e. The van der Waals surface area contributed by atoms with Gasteiger partial charge in [-0.25, -0.2) is 4.98 Å². The van der Waals surface area contributed by atoms with E-state index in [1.807, 2.05) is 50.1 Å². The summed E-state index contributed by atoms with van der Waals surface area (Å²) in [6, 6.07) is 6.00. The molecule has 2 aliphatic carbocycles. The van der Waals surface area contributed by atoms with Gasteiger partial charge in [-0.05, 0) is 62.5 Å². The molecule has 186 valence electrons. The fraction of sp³-hybridized carbons (Fsp3) is 0.667. The van der Waals surface area contributed by atoms with E-state index >= 15 is 0 Å². The molecule has 1 amide bonds. The van der Waals surface area contributed by atoms with Crippen LogP contribution >= 0.6 is 11.3 Å². The van der Waals surface area contributed by atoms with Crippen molar-refractivity contribution in [1.29, 1.82) is 0 Å². The molecule has 34 heavy (non-hydrogen) atoms. The number of fused-ring (bicyclic) bond motifs is 2. The zero-order valence-corrected chi connectivity index (χ0v) is 22.1. The van der Waals surface area contributed by atoms with Crippen molar-refractivity contribution in [2.24, 2.45) is 23.2 Å². The van der Waals surface area contributed by atoms with Crippen LogP contribution in [0.4, 0.5) is 5.13 Å². The minimum atomic E-state index is -0.487. The van der Waals surface area contributed by atoms with Gasteiger partial charge in [0.15, 0.2) is 5.13 Å². The summed E-state index contributed by atoms with van der Waals surface area (Å²) >= 11 is 1.77. The van der Waals surface area contributed by atoms with Crippen LogP contribution in [0.15, 0.2) is 24.4 Å². The Labute approximate surface area is 208 Å². The van der Waals surface area contributed by atoms with E-state index in [4.69, 9.17) is 4.98 Å². The normalized spacial score (nSPS) is 29.1. The average Bonchev–Trinajstić information content (AvgIpc) is 3.22. The van der Waals surface area contributed by atoms with Crippen molar-refractivity contribution in [3.8, 4) is 0 Å². The van der Waals surface area contributed by atoms with Crippen LogP contribution in [0.3, 0.4) is 0 Å². The summed E-state index contributed by atoms with van der Waals surface area (Å²) in [6.07, 6.45) is 5.10. The molecule has 2 aliphatic rings. The van der Waals surface area contributed by atoms with Crippen LogP contribution in [0.5, 0.6) is 0 Å². The molecule has 7 heteroatoms. The van der Waals surface area contributed by atoms with E-state index < -0.39 is 6.10 Å². The van der Waals surface area contributed by atoms with E-state index in [0.29, 0.717) is 0 Å². The number of hydrogen-bond donors (Lipinski definition) is 2. The van der Waals surface area contributed by atoms with E-state index in [1.54, 1.807) is 11.3 Å². The lowest BCUT2D eigenvalue weighted by molar-refractivity contribution is -0.144. The molecule has 1 saturated carbocycles. The second kappa shape index (κ2) is 10.3. The maximum Gasteiger partial charge on any atom is 0.225 e. The van der Waals surface area contributed by atoms with Gasteiger partial charge in [-0.3, -0.25) is 9.78 Å². The number of thiazole rings is 1. The number of hydrogen-bond acceptors (Lipinski definition) is 6. The zero-order valence-electron chi connectivity index (χ0n) is 21.3. The van der Waals surface area contributed by atoms with Crippen molar-refractivity contribution in [3.05, 3.63) is 40.7 Å². The first-order valence-electron chi connectivity index (χ1n) is 12.9. The topological polar surface area (TPSA) is 78.4 Å². The molecule has 6 nitrogen and oxygen atoms in total. The minimum absolute atomic E-state index is 0.00442. The molecule has 0 bridgehead atoms. The van der Waals surface area contributed by atoms with Crippen molar-refractivity contribution in [3.63, 3.8) is 0 Å². The highest BCUT2D eigenvalue weighted by Crippen LogP contribution is 2.57. The first-order valence-corrected chi connectivity index (χ1v) is 13.7. The van der Waals surface area contributed by atoms with Crippen LogP contribution in [0, 0.1) is 23.2 Å². The third kappa shape index (κ3) is 4.74. The van der Waals surface area contributed by atoms with E-state index in [9.17, 15) is 9.90 Å². The highest BCUT2D eigenvalue weighted by Gasteiger charge is 2.54. The van der Waals surface area contributed by atoms with Crippen molar-refractivity contribution in [2.45, 2.75) is 72.3 Å². The number of nitrogens with zero attached hydrogens (tertiary/aromatic N) is 3. The fourth-order valence-corrected chi connectivity index (χ4v) is 7.76. The Morgan fingerprint density at radius 3 is 2.79 bits per heavy atom. The monoisotopic (exact) mass is 484 g/mol. The second-order valence-electron chi connectivity index (χ2n) is 10.5. The number of carbonyl (C=O) groups is 1. The molecule has 6 unspecified atom stereocenters. The molecule has 2 aromatic heterocycles. The number of carbonyl (C=O) groups excluding carboxylic acids is 1. The van der Waals surface area contributed by atoms with E-state index in [0.717, 1.165) is 61.8 Å². The van der Waals surface area contributed by atoms with Gasteiger partial charge in [-0.1, -0.05) is 26.8 Å². The summed E-state index contributed by atoms with van der Waals surface area (Å²) in [5.74, 6) is 0.311. The van der Waals surface area contributed by atoms with Gasteiger partial charge >= 0.3 is 0 Å². The van der Waals surface area contributed by atoms with E-state index in [2.05, 4.69) is 24.1 Å². The second-order valence-corrected chi connectivity index (χ2v) is 11.5. The number of pyridine rings is 1. The molecule has 0 aromatic carbocycles. The number of aliphatic hydroxyl groups is 1. The largest absolute Gasteiger partial charge is 0.392 e. The highest BCUT2D eigenvalue weighted by molar-refractivity contribution is 7.15. The summed E-state index contributed by atoms with van der Waals surface area (Å²) in [5, 5.41) is 16.1. The third-order valence-electron chi connectivity index (χ3n) is 8.41. The maximum atomic E-state index is 13.1. The lowest BCUT2D eigenvalue weighted by Crippen LogP contribution is -2.53. The van der Waals surface area contributed by atoms with Crippen molar-refractivity contribution in [1.82, 2.24) is 14.9 Å². The van der Waals surface area contributed by atoms with Crippen LogP contribution in [-0.4, -0.2) is 51.6 Å². The first kappa shape index (κ1) is 25.1. The Kier molecular flexibility index (Phi) is 7.63. The molecule has 1 fully saturated rings. The number of aliphatic hydroxyl groups excluding tert-OH is 1. The molecule has 0 spiro atoms. The molecule has 6 atom stereocenters. The third-order valence-corrected chi connectivity index (χ3v) is 9.44. The van der Waals surface area contributed by atoms with Gasteiger partial charge in [-0.15, -0.1) is 11.3 Å². The van der Waals surface area contributed by atoms with Crippen molar-refractivity contribution in [2.75, 3.05) is 25.0 Å². The van der Waals surface area contributed by atoms with Crippen LogP contribution in [0.25, 0.3) is 0 Å². The fourth-order valence-electron chi connectivity index (χ4n) is 6.47. The standard InChI is InChI=1S/C27H40N4O2S/c1-6-31(7-2)25(33)17(3)20-11-13-27(5)16-21-23(18(4)22(27)24(20)32)30-26(34-21)29-15-12-19-10-8-9-14-28-19/h8-10,14,17-18,20,22,24,32H,6-7,11-13,15-16H2,1-5H3,(H,29,30). The quantitative estimate of drug-likeness (QED) is 0.565. The summed E-state index contributed by atoms with van der Waals surface area (Å²) < 4.78 is 0. The minimum Gasteiger partial charge on any atom is -0.392 e. The molecular weight excluding hydrogens is 444 g/mol. The molecule has 0 aliphatic heterocycles. The van der Waals surface area contributed by atoms with Gasteiger partial charge in [0, 0.05) is 54.7 Å². The van der Waals surface area contributed by atoms with E-state index in [-0.39, 0.29) is 35.0 Å². The number of nitrogens with one attached hydrogen (secondary N) is 1. The molecule has 2 heterocycles. The van der Waals surface area contributed by atoms with Gasteiger partial charge in [0.1, 0.15) is 0 Å². The Hall–Kier alpha value is -1.99. The Morgan fingerprint density at radius 2 is 2.12 bits per heavy atom. The number of rotatable bonds is 8. The van der Waals surface area contributed by atoms with E-state index in [1.165, 1.54) is 4.88 Å². The highest BCUT2D eigenvalue weighted by atomic mass is 32.1. The summed E-state index contributed by atoms with van der Waals surface area (Å²) in [6.45, 7) is 12.9. The molecule has 4 rings (SSSR count). The summed E-state index contributed by atoms with van der Waals surface area (Å²) in [7, 11) is 0. The lowest BCUT2D eigenvalue weighted by atomic mass is 9.53. The van der Waals surface area contributed by atoms with Crippen LogP contribution < -0.4 is 5.32 Å². The predicted octanol–water partition coefficient (Wildman–Crippen LogP) is 4.75. The predicted molar refractivity (Wildman–Crippen MR) is 138 cm³/mol. The van der Waals surface area contributed by atoms with Gasteiger partial charge in [0.2, 0.25) is 5.91 Å². The Balaban J connectivity index is 1.48. The Morgan fingerprint density at radius 1 is 1.35 bits per heavy atom. The van der Waals surface area contributed by atoms with Crippen LogP contribution in [-0.2, 0) is 17.6 Å². The van der Waals surface area contributed by atoms with Gasteiger partial charge < -0.3 is 15.3 Å². The van der Waals surface area contributed by atoms with Crippen LogP contribution in [0.1, 0.15) is 69.6 Å². The average molecular weight is 485 g/mol. The Bertz CT molecular complexity index is 976. The first-order chi connectivity index (χ1) is 16.3.